The van der Waals surface area contributed by atoms with Crippen molar-refractivity contribution in [1.29, 1.82) is 0 Å². The Labute approximate surface area is 318 Å². The van der Waals surface area contributed by atoms with Crippen molar-refractivity contribution in [2.75, 3.05) is 0 Å². The van der Waals surface area contributed by atoms with E-state index in [0.29, 0.717) is 0 Å². The van der Waals surface area contributed by atoms with E-state index in [4.69, 9.17) is 0 Å². The first-order valence-electron chi connectivity index (χ1n) is 18.6. The Morgan fingerprint density at radius 2 is 0.352 bits per heavy atom. The Balaban J connectivity index is 1.32. The molecular weight excluding hydrogens is 649 g/mol. The molecule has 0 fully saturated rings. The molecule has 0 heteroatoms. The zero-order valence-electron chi connectivity index (χ0n) is 29.9. The predicted molar refractivity (Wildman–Crippen MR) is 230 cm³/mol. The average molecular weight is 687 g/mol. The maximum absolute atomic E-state index is 2.39. The van der Waals surface area contributed by atoms with Gasteiger partial charge in [0, 0.05) is 0 Å². The van der Waals surface area contributed by atoms with Crippen LogP contribution < -0.4 is 0 Å². The van der Waals surface area contributed by atoms with Gasteiger partial charge >= 0.3 is 0 Å². The van der Waals surface area contributed by atoms with E-state index in [1.807, 2.05) is 0 Å². The highest BCUT2D eigenvalue weighted by Gasteiger charge is 2.22. The molecule has 0 amide bonds. The van der Waals surface area contributed by atoms with Crippen LogP contribution in [0.25, 0.3) is 89.0 Å². The Bertz CT molecular complexity index is 2460. The fourth-order valence-electron chi connectivity index (χ4n) is 7.88. The van der Waals surface area contributed by atoms with E-state index in [0.717, 1.165) is 0 Å². The van der Waals surface area contributed by atoms with Crippen LogP contribution in [0.2, 0.25) is 0 Å². The molecule has 9 aromatic rings. The lowest BCUT2D eigenvalue weighted by Gasteiger charge is -2.22. The van der Waals surface area contributed by atoms with Crippen LogP contribution in [0.4, 0.5) is 0 Å². The zero-order chi connectivity index (χ0) is 36.1. The summed E-state index contributed by atoms with van der Waals surface area (Å²) in [5.74, 6) is 0. The third kappa shape index (κ3) is 6.36. The minimum absolute atomic E-state index is 1.18. The molecule has 0 radical (unpaired) electrons. The number of rotatable bonds is 8. The van der Waals surface area contributed by atoms with E-state index in [2.05, 4.69) is 231 Å². The molecule has 0 unspecified atom stereocenters. The standard InChI is InChI=1S/C54H38/c1-7-20-39(21-8-1)47-34-36-49(53(43-28-15-5-16-29-43)51(47)41-24-11-3-12-25-41)45-32-19-33-46(38-45)50-37-35-48(40-22-9-2-10-23-40)52(42-26-13-4-14-27-42)54(50)44-30-17-6-18-31-44/h1-38H. The van der Waals surface area contributed by atoms with Crippen LogP contribution >= 0.6 is 0 Å². The van der Waals surface area contributed by atoms with Crippen LogP contribution in [0.3, 0.4) is 0 Å². The minimum Gasteiger partial charge on any atom is -0.0622 e. The van der Waals surface area contributed by atoms with Crippen molar-refractivity contribution in [2.45, 2.75) is 0 Å². The van der Waals surface area contributed by atoms with Crippen LogP contribution in [0.5, 0.6) is 0 Å². The largest absolute Gasteiger partial charge is 0.0622 e. The molecule has 9 aromatic carbocycles. The summed E-state index contributed by atoms with van der Waals surface area (Å²) in [6.45, 7) is 0. The van der Waals surface area contributed by atoms with Gasteiger partial charge in [0.25, 0.3) is 0 Å². The first kappa shape index (κ1) is 32.9. The van der Waals surface area contributed by atoms with Crippen molar-refractivity contribution >= 4 is 0 Å². The van der Waals surface area contributed by atoms with Crippen LogP contribution in [0, 0.1) is 0 Å². The molecule has 0 saturated carbocycles. The van der Waals surface area contributed by atoms with Crippen molar-refractivity contribution < 1.29 is 0 Å². The number of hydrogen-bond donors (Lipinski definition) is 0. The molecular formula is C54H38. The second-order valence-corrected chi connectivity index (χ2v) is 13.6. The lowest BCUT2D eigenvalue weighted by molar-refractivity contribution is 1.52. The monoisotopic (exact) mass is 686 g/mol. The fourth-order valence-corrected chi connectivity index (χ4v) is 7.88. The Kier molecular flexibility index (Phi) is 9.07. The summed E-state index contributed by atoms with van der Waals surface area (Å²) in [6, 6.07) is 83.4. The van der Waals surface area contributed by atoms with Crippen molar-refractivity contribution in [3.8, 4) is 89.0 Å². The second kappa shape index (κ2) is 14.9. The van der Waals surface area contributed by atoms with Gasteiger partial charge in [-0.2, -0.15) is 0 Å². The molecule has 0 bridgehead atoms. The summed E-state index contributed by atoms with van der Waals surface area (Å²) in [5.41, 5.74) is 19.3. The summed E-state index contributed by atoms with van der Waals surface area (Å²) in [6.07, 6.45) is 0. The van der Waals surface area contributed by atoms with E-state index in [1.165, 1.54) is 89.0 Å². The van der Waals surface area contributed by atoms with Gasteiger partial charge in [-0.15, -0.1) is 0 Å². The molecule has 0 saturated heterocycles. The van der Waals surface area contributed by atoms with Crippen molar-refractivity contribution in [1.82, 2.24) is 0 Å². The average Bonchev–Trinajstić information content (AvgIpc) is 3.27. The van der Waals surface area contributed by atoms with Crippen molar-refractivity contribution in [2.24, 2.45) is 0 Å². The molecule has 0 atom stereocenters. The van der Waals surface area contributed by atoms with Crippen LogP contribution in [-0.4, -0.2) is 0 Å². The Morgan fingerprint density at radius 3 is 0.611 bits per heavy atom. The van der Waals surface area contributed by atoms with Crippen molar-refractivity contribution in [3.63, 3.8) is 0 Å². The maximum Gasteiger partial charge on any atom is -0.00206 e. The lowest BCUT2D eigenvalue weighted by Crippen LogP contribution is -1.96. The summed E-state index contributed by atoms with van der Waals surface area (Å²) in [4.78, 5) is 0. The summed E-state index contributed by atoms with van der Waals surface area (Å²) in [5, 5.41) is 0. The summed E-state index contributed by atoms with van der Waals surface area (Å²) in [7, 11) is 0. The molecule has 0 heterocycles. The zero-order valence-corrected chi connectivity index (χ0v) is 29.9. The Hall–Kier alpha value is -7.02. The van der Waals surface area contributed by atoms with E-state index >= 15 is 0 Å². The van der Waals surface area contributed by atoms with Gasteiger partial charge in [0.1, 0.15) is 0 Å². The molecule has 0 spiro atoms. The fraction of sp³-hybridized carbons (Fsp3) is 0. The first-order chi connectivity index (χ1) is 26.8. The van der Waals surface area contributed by atoms with Crippen LogP contribution in [-0.2, 0) is 0 Å². The maximum atomic E-state index is 2.39. The number of benzene rings is 9. The molecule has 0 N–H and O–H groups in total. The summed E-state index contributed by atoms with van der Waals surface area (Å²) >= 11 is 0. The smallest absolute Gasteiger partial charge is 0.00206 e. The Morgan fingerprint density at radius 1 is 0.148 bits per heavy atom. The quantitative estimate of drug-likeness (QED) is 0.149. The van der Waals surface area contributed by atoms with Crippen LogP contribution in [0.15, 0.2) is 231 Å². The van der Waals surface area contributed by atoms with Gasteiger partial charge in [-0.05, 0) is 95.1 Å². The van der Waals surface area contributed by atoms with E-state index < -0.39 is 0 Å². The predicted octanol–water partition coefficient (Wildman–Crippen LogP) is 15.0. The van der Waals surface area contributed by atoms with E-state index in [1.54, 1.807) is 0 Å². The topological polar surface area (TPSA) is 0 Å². The molecule has 0 aliphatic heterocycles. The molecule has 0 aliphatic rings. The highest BCUT2D eigenvalue weighted by molar-refractivity contribution is 6.04. The van der Waals surface area contributed by atoms with Crippen LogP contribution in [0.1, 0.15) is 0 Å². The first-order valence-corrected chi connectivity index (χ1v) is 18.6. The van der Waals surface area contributed by atoms with Gasteiger partial charge in [-0.3, -0.25) is 0 Å². The lowest BCUT2D eigenvalue weighted by atomic mass is 9.81. The van der Waals surface area contributed by atoms with Gasteiger partial charge < -0.3 is 0 Å². The second-order valence-electron chi connectivity index (χ2n) is 13.6. The summed E-state index contributed by atoms with van der Waals surface area (Å²) < 4.78 is 0. The van der Waals surface area contributed by atoms with Gasteiger partial charge in [0.2, 0.25) is 0 Å². The van der Waals surface area contributed by atoms with Gasteiger partial charge in [0.05, 0.1) is 0 Å². The number of hydrogen-bond acceptors (Lipinski definition) is 0. The molecule has 0 nitrogen and oxygen atoms in total. The van der Waals surface area contributed by atoms with Crippen molar-refractivity contribution in [3.05, 3.63) is 231 Å². The molecule has 9 rings (SSSR count). The molecule has 254 valence electrons. The normalized spacial score (nSPS) is 11.0. The highest BCUT2D eigenvalue weighted by Crippen LogP contribution is 2.48. The van der Waals surface area contributed by atoms with E-state index in [-0.39, 0.29) is 0 Å². The molecule has 54 heavy (non-hydrogen) atoms. The SMILES string of the molecule is c1ccc(-c2ccc(-c3cccc(-c4ccc(-c5ccccc5)c(-c5ccccc5)c4-c4ccccc4)c3)c(-c3ccccc3)c2-c2ccccc2)cc1. The minimum atomic E-state index is 1.18. The van der Waals surface area contributed by atoms with Gasteiger partial charge in [0.15, 0.2) is 0 Å². The van der Waals surface area contributed by atoms with Gasteiger partial charge in [-0.1, -0.05) is 224 Å². The van der Waals surface area contributed by atoms with Gasteiger partial charge in [-0.25, -0.2) is 0 Å². The third-order valence-corrected chi connectivity index (χ3v) is 10.3. The molecule has 0 aromatic heterocycles. The molecule has 0 aliphatic carbocycles. The third-order valence-electron chi connectivity index (χ3n) is 10.3. The van der Waals surface area contributed by atoms with E-state index in [9.17, 15) is 0 Å². The highest BCUT2D eigenvalue weighted by atomic mass is 14.2.